The summed E-state index contributed by atoms with van der Waals surface area (Å²) in [6.07, 6.45) is -1.14. The van der Waals surface area contributed by atoms with Crippen LogP contribution in [0.4, 0.5) is 18.9 Å². The summed E-state index contributed by atoms with van der Waals surface area (Å²) in [6, 6.07) is 4.41. The smallest absolute Gasteiger partial charge is 0.369 e. The highest BCUT2D eigenvalue weighted by Gasteiger charge is 2.29. The van der Waals surface area contributed by atoms with E-state index in [0.717, 1.165) is 44.5 Å². The molecule has 0 unspecified atom stereocenters. The molecule has 1 aromatic carbocycles. The lowest BCUT2D eigenvalue weighted by Crippen LogP contribution is -2.41. The average Bonchev–Trinajstić information content (AvgIpc) is 2.47. The average molecular weight is 313 g/mol. The molecule has 1 aliphatic rings. The van der Waals surface area contributed by atoms with Gasteiger partial charge in [0.1, 0.15) is 0 Å². The van der Waals surface area contributed by atoms with Gasteiger partial charge in [-0.15, -0.1) is 0 Å². The van der Waals surface area contributed by atoms with E-state index < -0.39 is 11.7 Å². The Kier molecular flexibility index (Phi) is 4.89. The number of rotatable bonds is 1. The minimum Gasteiger partial charge on any atom is -0.369 e. The number of halogens is 3. The molecule has 2 rings (SSSR count). The van der Waals surface area contributed by atoms with Crippen LogP contribution in [0.3, 0.4) is 0 Å². The molecule has 1 aliphatic heterocycles. The first-order valence-corrected chi connectivity index (χ1v) is 6.98. The van der Waals surface area contributed by atoms with Crippen molar-refractivity contribution in [1.82, 2.24) is 4.90 Å². The van der Waals surface area contributed by atoms with Crippen LogP contribution in [0.15, 0.2) is 29.3 Å². The minimum absolute atomic E-state index is 0.206. The highest BCUT2D eigenvalue weighted by molar-refractivity contribution is 5.99. The van der Waals surface area contributed by atoms with Crippen LogP contribution in [0.2, 0.25) is 0 Å². The van der Waals surface area contributed by atoms with Crippen molar-refractivity contribution in [3.63, 3.8) is 0 Å². The van der Waals surface area contributed by atoms with Gasteiger partial charge in [0.15, 0.2) is 5.96 Å². The second kappa shape index (κ2) is 6.67. The summed E-state index contributed by atoms with van der Waals surface area (Å²) in [4.78, 5) is 5.83. The number of nitrogens with one attached hydrogen (secondary N) is 2. The third-order valence-corrected chi connectivity index (χ3v) is 3.38. The molecule has 0 bridgehead atoms. The number of guanidine groups is 2. The Bertz CT molecular complexity index is 545. The van der Waals surface area contributed by atoms with Gasteiger partial charge in [-0.3, -0.25) is 5.41 Å². The Labute approximate surface area is 126 Å². The van der Waals surface area contributed by atoms with Gasteiger partial charge in [-0.2, -0.15) is 18.2 Å². The maximum atomic E-state index is 12.5. The largest absolute Gasteiger partial charge is 0.416 e. The molecule has 1 saturated heterocycles. The monoisotopic (exact) mass is 313 g/mol. The molecule has 1 aromatic rings. The number of aliphatic imine (C=N–C) groups is 1. The molecule has 0 atom stereocenters. The fourth-order valence-electron chi connectivity index (χ4n) is 2.22. The van der Waals surface area contributed by atoms with Crippen molar-refractivity contribution in [3.8, 4) is 0 Å². The predicted octanol–water partition coefficient (Wildman–Crippen LogP) is 2.85. The normalized spacial score (nSPS) is 16.5. The van der Waals surface area contributed by atoms with E-state index in [-0.39, 0.29) is 11.9 Å². The maximum absolute atomic E-state index is 12.5. The van der Waals surface area contributed by atoms with Crippen molar-refractivity contribution in [3.05, 3.63) is 29.8 Å². The molecule has 4 N–H and O–H groups in total. The van der Waals surface area contributed by atoms with Crippen LogP contribution in [0.1, 0.15) is 24.8 Å². The number of benzene rings is 1. The second-order valence-electron chi connectivity index (χ2n) is 5.07. The van der Waals surface area contributed by atoms with Crippen LogP contribution in [-0.4, -0.2) is 29.9 Å². The molecular formula is C14H18F3N5. The van der Waals surface area contributed by atoms with Gasteiger partial charge in [-0.1, -0.05) is 0 Å². The van der Waals surface area contributed by atoms with Crippen LogP contribution in [0.25, 0.3) is 0 Å². The Morgan fingerprint density at radius 3 is 2.27 bits per heavy atom. The molecule has 8 heteroatoms. The summed E-state index contributed by atoms with van der Waals surface area (Å²) >= 11 is 0. The molecule has 0 saturated carbocycles. The molecule has 1 fully saturated rings. The van der Waals surface area contributed by atoms with Gasteiger partial charge in [0.2, 0.25) is 5.96 Å². The number of anilines is 1. The van der Waals surface area contributed by atoms with E-state index in [4.69, 9.17) is 11.1 Å². The molecule has 0 amide bonds. The molecular weight excluding hydrogens is 295 g/mol. The lowest BCUT2D eigenvalue weighted by Gasteiger charge is -2.27. The Balaban J connectivity index is 1.96. The molecule has 1 heterocycles. The second-order valence-corrected chi connectivity index (χ2v) is 5.07. The zero-order chi connectivity index (χ0) is 16.2. The van der Waals surface area contributed by atoms with Crippen molar-refractivity contribution in [2.24, 2.45) is 10.7 Å². The third kappa shape index (κ3) is 4.37. The van der Waals surface area contributed by atoms with Crippen molar-refractivity contribution in [2.45, 2.75) is 25.4 Å². The van der Waals surface area contributed by atoms with E-state index in [1.807, 2.05) is 4.90 Å². The van der Waals surface area contributed by atoms with Crippen LogP contribution in [0.5, 0.6) is 0 Å². The molecule has 0 radical (unpaired) electrons. The van der Waals surface area contributed by atoms with Gasteiger partial charge in [-0.05, 0) is 43.5 Å². The zero-order valence-corrected chi connectivity index (χ0v) is 12.0. The first-order valence-electron chi connectivity index (χ1n) is 6.98. The Morgan fingerprint density at radius 2 is 1.73 bits per heavy atom. The lowest BCUT2D eigenvalue weighted by atomic mass is 10.1. The van der Waals surface area contributed by atoms with Crippen molar-refractivity contribution < 1.29 is 13.2 Å². The number of nitrogens with two attached hydrogens (primary N) is 1. The van der Waals surface area contributed by atoms with E-state index in [2.05, 4.69) is 10.3 Å². The fraction of sp³-hybridized carbons (Fsp3) is 0.429. The SMILES string of the molecule is N=C(N=C(N)N1CCCCC1)Nc1ccc(C(F)(F)F)cc1. The minimum atomic E-state index is -4.37. The van der Waals surface area contributed by atoms with Crippen LogP contribution < -0.4 is 11.1 Å². The highest BCUT2D eigenvalue weighted by Crippen LogP contribution is 2.29. The summed E-state index contributed by atoms with van der Waals surface area (Å²) in [7, 11) is 0. The molecule has 22 heavy (non-hydrogen) atoms. The molecule has 0 aromatic heterocycles. The summed E-state index contributed by atoms with van der Waals surface area (Å²) in [6.45, 7) is 1.62. The number of likely N-dealkylation sites (tertiary alicyclic amines) is 1. The van der Waals surface area contributed by atoms with Crippen LogP contribution in [-0.2, 0) is 6.18 Å². The lowest BCUT2D eigenvalue weighted by molar-refractivity contribution is -0.137. The number of nitrogens with zero attached hydrogens (tertiary/aromatic N) is 2. The molecule has 0 aliphatic carbocycles. The first kappa shape index (κ1) is 16.1. The van der Waals surface area contributed by atoms with Gasteiger partial charge in [-0.25, -0.2) is 0 Å². The molecule has 5 nitrogen and oxygen atoms in total. The zero-order valence-electron chi connectivity index (χ0n) is 12.0. The van der Waals surface area contributed by atoms with Gasteiger partial charge >= 0.3 is 6.18 Å². The van der Waals surface area contributed by atoms with E-state index in [0.29, 0.717) is 5.69 Å². The molecule has 0 spiro atoms. The van der Waals surface area contributed by atoms with Gasteiger partial charge in [0.25, 0.3) is 0 Å². The molecule has 120 valence electrons. The van der Waals surface area contributed by atoms with E-state index in [1.54, 1.807) is 0 Å². The van der Waals surface area contributed by atoms with Gasteiger partial charge < -0.3 is 16.0 Å². The summed E-state index contributed by atoms with van der Waals surface area (Å²) in [5.74, 6) is 0.0481. The van der Waals surface area contributed by atoms with Crippen molar-refractivity contribution in [2.75, 3.05) is 18.4 Å². The Hall–Kier alpha value is -2.25. The predicted molar refractivity (Wildman–Crippen MR) is 79.8 cm³/mol. The fourth-order valence-corrected chi connectivity index (χ4v) is 2.22. The van der Waals surface area contributed by atoms with E-state index in [9.17, 15) is 13.2 Å². The van der Waals surface area contributed by atoms with Crippen molar-refractivity contribution >= 4 is 17.6 Å². The van der Waals surface area contributed by atoms with Crippen molar-refractivity contribution in [1.29, 1.82) is 5.41 Å². The number of hydrogen-bond acceptors (Lipinski definition) is 1. The van der Waals surface area contributed by atoms with E-state index in [1.165, 1.54) is 12.1 Å². The highest BCUT2D eigenvalue weighted by atomic mass is 19.4. The quantitative estimate of drug-likeness (QED) is 0.551. The first-order chi connectivity index (χ1) is 10.4. The third-order valence-electron chi connectivity index (χ3n) is 3.38. The van der Waals surface area contributed by atoms with Gasteiger partial charge in [0.05, 0.1) is 5.56 Å². The maximum Gasteiger partial charge on any atom is 0.416 e. The number of hydrogen-bond donors (Lipinski definition) is 3. The van der Waals surface area contributed by atoms with Gasteiger partial charge in [0, 0.05) is 18.8 Å². The van der Waals surface area contributed by atoms with E-state index >= 15 is 0 Å². The van der Waals surface area contributed by atoms with Crippen LogP contribution in [0, 0.1) is 5.41 Å². The topological polar surface area (TPSA) is 77.5 Å². The summed E-state index contributed by atoms with van der Waals surface area (Å²) in [5, 5.41) is 10.3. The number of piperidine rings is 1. The summed E-state index contributed by atoms with van der Waals surface area (Å²) < 4.78 is 37.4. The number of alkyl halides is 3. The summed E-state index contributed by atoms with van der Waals surface area (Å²) in [5.41, 5.74) is 5.45. The Morgan fingerprint density at radius 1 is 1.14 bits per heavy atom. The van der Waals surface area contributed by atoms with Crippen LogP contribution >= 0.6 is 0 Å². The standard InChI is InChI=1S/C14H18F3N5/c15-14(16,17)10-4-6-11(7-5-10)20-12(18)21-13(19)22-8-2-1-3-9-22/h4-7H,1-3,8-9H2,(H4,18,19,20,21).